The molecule has 1 unspecified atom stereocenters. The number of esters is 3. The first-order valence-electron chi connectivity index (χ1n) is 35.6. The summed E-state index contributed by atoms with van der Waals surface area (Å²) >= 11 is 0. The van der Waals surface area contributed by atoms with Gasteiger partial charge in [0.25, 0.3) is 0 Å². The van der Waals surface area contributed by atoms with Gasteiger partial charge in [-0.1, -0.05) is 339 Å². The zero-order valence-electron chi connectivity index (χ0n) is 53.9. The Hall–Kier alpha value is -2.63. The van der Waals surface area contributed by atoms with Crippen molar-refractivity contribution in [1.29, 1.82) is 0 Å². The molecule has 0 bridgehead atoms. The second kappa shape index (κ2) is 68.9. The minimum atomic E-state index is -0.781. The molecule has 1 atom stereocenters. The van der Waals surface area contributed by atoms with Gasteiger partial charge in [-0.25, -0.2) is 0 Å². The molecule has 468 valence electrons. The third-order valence-corrected chi connectivity index (χ3v) is 16.1. The van der Waals surface area contributed by atoms with Crippen LogP contribution < -0.4 is 0 Å². The number of unbranched alkanes of at least 4 members (excludes halogenated alkanes) is 47. The zero-order valence-corrected chi connectivity index (χ0v) is 53.9. The summed E-state index contributed by atoms with van der Waals surface area (Å²) in [4.78, 5) is 38.4. The molecule has 0 aliphatic heterocycles. The Labute approximate surface area is 498 Å². The lowest BCUT2D eigenvalue weighted by atomic mass is 10.0. The molecule has 0 aromatic heterocycles. The van der Waals surface area contributed by atoms with Gasteiger partial charge in [0.2, 0.25) is 0 Å². The van der Waals surface area contributed by atoms with Crippen molar-refractivity contribution in [3.8, 4) is 0 Å². The average molecular weight is 1120 g/mol. The van der Waals surface area contributed by atoms with Gasteiger partial charge in [-0.05, 0) is 77.0 Å². The van der Waals surface area contributed by atoms with E-state index in [2.05, 4.69) is 69.4 Å². The summed E-state index contributed by atoms with van der Waals surface area (Å²) in [5, 5.41) is 0. The molecule has 0 aromatic carbocycles. The summed E-state index contributed by atoms with van der Waals surface area (Å²) in [6.45, 7) is 6.63. The second-order valence-electron chi connectivity index (χ2n) is 24.1. The molecule has 6 heteroatoms. The summed E-state index contributed by atoms with van der Waals surface area (Å²) in [5.74, 6) is -0.870. The van der Waals surface area contributed by atoms with Crippen molar-refractivity contribution in [3.63, 3.8) is 0 Å². The lowest BCUT2D eigenvalue weighted by molar-refractivity contribution is -0.167. The summed E-state index contributed by atoms with van der Waals surface area (Å²) in [5.41, 5.74) is 0. The van der Waals surface area contributed by atoms with Crippen LogP contribution in [0.3, 0.4) is 0 Å². The Morgan fingerprint density at radius 2 is 0.463 bits per heavy atom. The van der Waals surface area contributed by atoms with Gasteiger partial charge in [0.1, 0.15) is 13.2 Å². The molecule has 0 aromatic rings. The maximum atomic E-state index is 12.9. The fourth-order valence-electron chi connectivity index (χ4n) is 10.7. The van der Waals surface area contributed by atoms with Crippen LogP contribution in [0, 0.1) is 0 Å². The quantitative estimate of drug-likeness (QED) is 0.0261. The lowest BCUT2D eigenvalue weighted by Gasteiger charge is -2.18. The number of hydrogen-bond donors (Lipinski definition) is 0. The second-order valence-corrected chi connectivity index (χ2v) is 24.1. The van der Waals surface area contributed by atoms with Gasteiger partial charge in [0.15, 0.2) is 6.10 Å². The van der Waals surface area contributed by atoms with Crippen LogP contribution in [0.5, 0.6) is 0 Å². The highest BCUT2D eigenvalue weighted by Crippen LogP contribution is 2.19. The summed E-state index contributed by atoms with van der Waals surface area (Å²) in [6, 6.07) is 0. The van der Waals surface area contributed by atoms with E-state index in [0.29, 0.717) is 19.3 Å². The van der Waals surface area contributed by atoms with Crippen LogP contribution in [0.25, 0.3) is 0 Å². The first-order chi connectivity index (χ1) is 39.5. The molecule has 0 saturated heterocycles. The highest BCUT2D eigenvalue weighted by Gasteiger charge is 2.19. The number of hydrogen-bond acceptors (Lipinski definition) is 6. The van der Waals surface area contributed by atoms with Gasteiger partial charge in [0.05, 0.1) is 0 Å². The Morgan fingerprint density at radius 1 is 0.250 bits per heavy atom. The number of ether oxygens (including phenoxy) is 3. The first kappa shape index (κ1) is 77.4. The van der Waals surface area contributed by atoms with E-state index >= 15 is 0 Å². The maximum Gasteiger partial charge on any atom is 0.306 e. The molecule has 0 fully saturated rings. The predicted molar refractivity (Wildman–Crippen MR) is 349 cm³/mol. The largest absolute Gasteiger partial charge is 0.462 e. The van der Waals surface area contributed by atoms with Gasteiger partial charge < -0.3 is 14.2 Å². The Bertz CT molecular complexity index is 1380. The first-order valence-corrected chi connectivity index (χ1v) is 35.6. The normalized spacial score (nSPS) is 12.3. The van der Waals surface area contributed by atoms with Crippen molar-refractivity contribution in [3.05, 3.63) is 48.6 Å². The van der Waals surface area contributed by atoms with E-state index in [1.165, 1.54) is 263 Å². The number of carbonyl (C=O) groups is 3. The van der Waals surface area contributed by atoms with Crippen LogP contribution in [0.1, 0.15) is 387 Å². The topological polar surface area (TPSA) is 78.9 Å². The highest BCUT2D eigenvalue weighted by atomic mass is 16.6. The molecule has 0 amide bonds. The molecule has 0 aliphatic carbocycles. The molecule has 0 aliphatic rings. The van der Waals surface area contributed by atoms with Crippen molar-refractivity contribution in [2.24, 2.45) is 0 Å². The minimum absolute atomic E-state index is 0.0756. The standard InChI is InChI=1S/C74H136O6/c1-4-7-10-13-16-19-22-25-28-30-32-33-34-35-36-37-38-39-40-41-43-44-46-49-52-55-58-61-64-67-73(76)79-70-71(69-78-72(75)66-63-60-57-54-51-48-27-24-21-18-15-12-9-6-3)80-74(77)68-65-62-59-56-53-50-47-45-42-31-29-26-23-20-17-14-11-8-5-2/h15,17-18,20,24,26-27,29,71H,4-14,16,19,21-23,25,28,30-70H2,1-3H3/b18-15-,20-17-,27-24-,29-26-. The van der Waals surface area contributed by atoms with Crippen LogP contribution in [-0.4, -0.2) is 37.2 Å². The van der Waals surface area contributed by atoms with Gasteiger partial charge in [-0.3, -0.25) is 14.4 Å². The van der Waals surface area contributed by atoms with E-state index in [4.69, 9.17) is 14.2 Å². The molecule has 0 saturated carbocycles. The van der Waals surface area contributed by atoms with E-state index in [0.717, 1.165) is 83.5 Å². The Kier molecular flexibility index (Phi) is 66.6. The van der Waals surface area contributed by atoms with E-state index in [1.807, 2.05) is 0 Å². The van der Waals surface area contributed by atoms with Crippen molar-refractivity contribution < 1.29 is 28.6 Å². The van der Waals surface area contributed by atoms with E-state index < -0.39 is 6.10 Å². The SMILES string of the molecule is CCCC/C=C\C/C=C\CCCCCCCC(=O)OCC(COC(=O)CCCCCCCCCCCCCCCCCCCCCCCCCCCCCCC)OC(=O)CCCCCCCCCCC/C=C\C/C=C\CCCCC. The van der Waals surface area contributed by atoms with Gasteiger partial charge >= 0.3 is 17.9 Å². The number of allylic oxidation sites excluding steroid dienone is 8. The van der Waals surface area contributed by atoms with E-state index in [-0.39, 0.29) is 31.1 Å². The van der Waals surface area contributed by atoms with Crippen molar-refractivity contribution in [1.82, 2.24) is 0 Å². The number of rotatable bonds is 66. The van der Waals surface area contributed by atoms with Crippen molar-refractivity contribution in [2.45, 2.75) is 393 Å². The molecule has 0 radical (unpaired) electrons. The summed E-state index contributed by atoms with van der Waals surface area (Å²) in [6.07, 6.45) is 87.2. The molecule has 0 spiro atoms. The van der Waals surface area contributed by atoms with Gasteiger partial charge in [-0.15, -0.1) is 0 Å². The molecule has 6 nitrogen and oxygen atoms in total. The maximum absolute atomic E-state index is 12.9. The van der Waals surface area contributed by atoms with E-state index in [9.17, 15) is 14.4 Å². The van der Waals surface area contributed by atoms with Gasteiger partial charge in [0, 0.05) is 19.3 Å². The molecular formula is C74H136O6. The summed E-state index contributed by atoms with van der Waals surface area (Å²) < 4.78 is 17.0. The lowest BCUT2D eigenvalue weighted by Crippen LogP contribution is -2.30. The van der Waals surface area contributed by atoms with Crippen LogP contribution in [0.2, 0.25) is 0 Å². The summed E-state index contributed by atoms with van der Waals surface area (Å²) in [7, 11) is 0. The third-order valence-electron chi connectivity index (χ3n) is 16.1. The molecule has 0 rings (SSSR count). The number of carbonyl (C=O) groups excluding carboxylic acids is 3. The molecule has 80 heavy (non-hydrogen) atoms. The third kappa shape index (κ3) is 66.2. The predicted octanol–water partition coefficient (Wildman–Crippen LogP) is 24.5. The molecule has 0 heterocycles. The minimum Gasteiger partial charge on any atom is -0.462 e. The Balaban J connectivity index is 4.20. The van der Waals surface area contributed by atoms with Crippen molar-refractivity contribution >= 4 is 17.9 Å². The highest BCUT2D eigenvalue weighted by molar-refractivity contribution is 5.71. The van der Waals surface area contributed by atoms with Gasteiger partial charge in [-0.2, -0.15) is 0 Å². The van der Waals surface area contributed by atoms with Crippen LogP contribution in [0.4, 0.5) is 0 Å². The average Bonchev–Trinajstić information content (AvgIpc) is 3.46. The van der Waals surface area contributed by atoms with Crippen molar-refractivity contribution in [2.75, 3.05) is 13.2 Å². The zero-order chi connectivity index (χ0) is 57.8. The fraction of sp³-hybridized carbons (Fsp3) is 0.851. The van der Waals surface area contributed by atoms with Crippen LogP contribution >= 0.6 is 0 Å². The fourth-order valence-corrected chi connectivity index (χ4v) is 10.7. The smallest absolute Gasteiger partial charge is 0.306 e. The monoisotopic (exact) mass is 1120 g/mol. The van der Waals surface area contributed by atoms with Crippen LogP contribution in [-0.2, 0) is 28.6 Å². The Morgan fingerprint density at radius 3 is 0.750 bits per heavy atom. The molecule has 0 N–H and O–H groups in total. The van der Waals surface area contributed by atoms with E-state index in [1.54, 1.807) is 0 Å². The van der Waals surface area contributed by atoms with Crippen LogP contribution in [0.15, 0.2) is 48.6 Å². The molecular weight excluding hydrogens is 985 g/mol.